The summed E-state index contributed by atoms with van der Waals surface area (Å²) < 4.78 is 42.8. The molecule has 1 fully saturated rings. The first-order chi connectivity index (χ1) is 13.2. The molecule has 1 aliphatic rings. The molecule has 0 bridgehead atoms. The zero-order chi connectivity index (χ0) is 20.5. The van der Waals surface area contributed by atoms with Crippen LogP contribution in [0.4, 0.5) is 13.2 Å². The number of halogens is 3. The Balaban J connectivity index is 1.83. The number of benzene rings is 1. The van der Waals surface area contributed by atoms with Crippen LogP contribution in [0.5, 0.6) is 0 Å². The Morgan fingerprint density at radius 3 is 2.71 bits per heavy atom. The number of fused-ring (bicyclic) bond motifs is 1. The van der Waals surface area contributed by atoms with Crippen molar-refractivity contribution in [2.24, 2.45) is 5.92 Å². The van der Waals surface area contributed by atoms with E-state index in [4.69, 9.17) is 0 Å². The fourth-order valence-corrected chi connectivity index (χ4v) is 3.50. The zero-order valence-corrected chi connectivity index (χ0v) is 15.7. The second-order valence-corrected chi connectivity index (χ2v) is 7.15. The van der Waals surface area contributed by atoms with E-state index in [0.717, 1.165) is 29.4 Å². The van der Waals surface area contributed by atoms with E-state index in [1.807, 2.05) is 38.2 Å². The van der Waals surface area contributed by atoms with E-state index in [2.05, 4.69) is 9.84 Å². The topological polar surface area (TPSA) is 64.4 Å². The molecule has 1 aromatic heterocycles. The van der Waals surface area contributed by atoms with Gasteiger partial charge in [0.2, 0.25) is 0 Å². The average Bonchev–Trinajstić information content (AvgIpc) is 3.07. The van der Waals surface area contributed by atoms with Crippen molar-refractivity contribution in [2.75, 3.05) is 13.2 Å². The van der Waals surface area contributed by atoms with Gasteiger partial charge in [0.25, 0.3) is 0 Å². The van der Waals surface area contributed by atoms with Gasteiger partial charge < -0.3 is 9.64 Å². The molecule has 0 aliphatic carbocycles. The van der Waals surface area contributed by atoms with E-state index in [0.29, 0.717) is 6.42 Å². The first-order valence-corrected chi connectivity index (χ1v) is 9.19. The summed E-state index contributed by atoms with van der Waals surface area (Å²) in [4.78, 5) is 25.7. The molecule has 0 unspecified atom stereocenters. The minimum absolute atomic E-state index is 0.138. The van der Waals surface area contributed by atoms with Crippen LogP contribution >= 0.6 is 0 Å². The van der Waals surface area contributed by atoms with Crippen molar-refractivity contribution in [1.29, 1.82) is 0 Å². The summed E-state index contributed by atoms with van der Waals surface area (Å²) in [5.74, 6) is -2.38. The Bertz CT molecular complexity index is 878. The van der Waals surface area contributed by atoms with Crippen LogP contribution in [0.3, 0.4) is 0 Å². The van der Waals surface area contributed by atoms with Gasteiger partial charge in [-0.1, -0.05) is 19.1 Å². The van der Waals surface area contributed by atoms with Gasteiger partial charge >= 0.3 is 18.1 Å². The van der Waals surface area contributed by atoms with Crippen LogP contribution < -0.4 is 0 Å². The highest BCUT2D eigenvalue weighted by molar-refractivity contribution is 6.32. The number of esters is 1. The number of carbonyl (C=O) groups is 2. The van der Waals surface area contributed by atoms with Crippen molar-refractivity contribution >= 4 is 22.8 Å². The number of aromatic nitrogens is 2. The van der Waals surface area contributed by atoms with Gasteiger partial charge in [0.15, 0.2) is 6.61 Å². The molecule has 152 valence electrons. The number of hydrogen-bond donors (Lipinski definition) is 0. The third kappa shape index (κ3) is 4.45. The molecule has 28 heavy (non-hydrogen) atoms. The van der Waals surface area contributed by atoms with Crippen molar-refractivity contribution in [3.05, 3.63) is 30.0 Å². The Hall–Kier alpha value is -2.58. The van der Waals surface area contributed by atoms with E-state index in [-0.39, 0.29) is 12.5 Å². The fraction of sp³-hybridized carbons (Fsp3) is 0.526. The van der Waals surface area contributed by atoms with Gasteiger partial charge in [-0.2, -0.15) is 18.3 Å². The first kappa shape index (κ1) is 20.2. The monoisotopic (exact) mass is 397 g/mol. The molecular formula is C19H22F3N3O3. The minimum atomic E-state index is -4.67. The van der Waals surface area contributed by atoms with Gasteiger partial charge in [-0.25, -0.2) is 4.79 Å². The smallest absolute Gasteiger partial charge is 0.422 e. The van der Waals surface area contributed by atoms with Crippen molar-refractivity contribution in [3.63, 3.8) is 0 Å². The van der Waals surface area contributed by atoms with Crippen LogP contribution in [0.25, 0.3) is 10.9 Å². The Morgan fingerprint density at radius 1 is 1.29 bits per heavy atom. The lowest BCUT2D eigenvalue weighted by Gasteiger charge is -2.38. The molecule has 2 heterocycles. The molecule has 2 atom stereocenters. The number of carbonyl (C=O) groups excluding carboxylic acids is 2. The number of alkyl halides is 3. The third-order valence-corrected chi connectivity index (χ3v) is 4.91. The summed E-state index contributed by atoms with van der Waals surface area (Å²) in [6.07, 6.45) is -1.31. The number of hydrogen-bond acceptors (Lipinski definition) is 4. The highest BCUT2D eigenvalue weighted by atomic mass is 19.4. The van der Waals surface area contributed by atoms with E-state index in [1.165, 1.54) is 4.90 Å². The number of amides is 1. The minimum Gasteiger partial charge on any atom is -0.449 e. The maximum absolute atomic E-state index is 12.5. The fourth-order valence-electron chi connectivity index (χ4n) is 3.50. The Labute approximate surface area is 160 Å². The normalized spacial score (nSPS) is 20.4. The molecule has 9 heteroatoms. The number of ether oxygens (including phenoxy) is 1. The van der Waals surface area contributed by atoms with Crippen molar-refractivity contribution in [2.45, 2.75) is 45.5 Å². The van der Waals surface area contributed by atoms with Crippen LogP contribution in [0, 0.1) is 5.92 Å². The molecule has 0 spiro atoms. The van der Waals surface area contributed by atoms with Crippen LogP contribution in [0.2, 0.25) is 0 Å². The van der Waals surface area contributed by atoms with Gasteiger partial charge in [0, 0.05) is 24.7 Å². The summed E-state index contributed by atoms with van der Waals surface area (Å²) >= 11 is 0. The summed E-state index contributed by atoms with van der Waals surface area (Å²) in [5, 5.41) is 5.42. The lowest BCUT2D eigenvalue weighted by Crippen LogP contribution is -2.45. The molecule has 1 saturated heterocycles. The van der Waals surface area contributed by atoms with Crippen LogP contribution in [0.15, 0.2) is 24.4 Å². The second kappa shape index (κ2) is 7.81. The standard InChI is InChI=1S/C19H22F3N3O3/c1-3-24-10-14-6-5-13(8-15(14)23-24)16-7-4-12(2)9-25(16)17(26)18(27)28-11-19(20,21)22/h5-6,8,10,12,16H,3-4,7,9,11H2,1-2H3/t12-,16+/m0/s1. The molecule has 0 radical (unpaired) electrons. The summed E-state index contributed by atoms with van der Waals surface area (Å²) in [7, 11) is 0. The number of piperidine rings is 1. The molecular weight excluding hydrogens is 375 g/mol. The molecule has 1 aromatic carbocycles. The molecule has 0 saturated carbocycles. The van der Waals surface area contributed by atoms with E-state index in [1.54, 1.807) is 4.68 Å². The number of rotatable bonds is 3. The van der Waals surface area contributed by atoms with E-state index in [9.17, 15) is 22.8 Å². The van der Waals surface area contributed by atoms with Crippen LogP contribution in [-0.4, -0.2) is 45.9 Å². The lowest BCUT2D eigenvalue weighted by molar-refractivity contribution is -0.190. The predicted molar refractivity (Wildman–Crippen MR) is 95.3 cm³/mol. The van der Waals surface area contributed by atoms with Crippen LogP contribution in [0.1, 0.15) is 38.3 Å². The van der Waals surface area contributed by atoms with Gasteiger partial charge in [-0.15, -0.1) is 0 Å². The van der Waals surface area contributed by atoms with Crippen molar-refractivity contribution in [1.82, 2.24) is 14.7 Å². The highest BCUT2D eigenvalue weighted by Gasteiger charge is 2.37. The lowest BCUT2D eigenvalue weighted by atomic mass is 9.89. The summed E-state index contributed by atoms with van der Waals surface area (Å²) in [6.45, 7) is 3.14. The number of nitrogens with zero attached hydrogens (tertiary/aromatic N) is 3. The number of aryl methyl sites for hydroxylation is 1. The predicted octanol–water partition coefficient (Wildman–Crippen LogP) is 3.46. The molecule has 1 aliphatic heterocycles. The molecule has 2 aromatic rings. The Kier molecular flexibility index (Phi) is 5.62. The molecule has 1 amide bonds. The zero-order valence-electron chi connectivity index (χ0n) is 15.7. The molecule has 6 nitrogen and oxygen atoms in total. The average molecular weight is 397 g/mol. The van der Waals surface area contributed by atoms with Gasteiger partial charge in [-0.3, -0.25) is 9.48 Å². The maximum Gasteiger partial charge on any atom is 0.422 e. The van der Waals surface area contributed by atoms with Gasteiger partial charge in [0.05, 0.1) is 11.6 Å². The molecule has 0 N–H and O–H groups in total. The van der Waals surface area contributed by atoms with E-state index >= 15 is 0 Å². The van der Waals surface area contributed by atoms with Crippen molar-refractivity contribution in [3.8, 4) is 0 Å². The van der Waals surface area contributed by atoms with E-state index < -0.39 is 30.7 Å². The van der Waals surface area contributed by atoms with Gasteiger partial charge in [-0.05, 0) is 37.3 Å². The maximum atomic E-state index is 12.5. The quantitative estimate of drug-likeness (QED) is 0.588. The van der Waals surface area contributed by atoms with Crippen LogP contribution in [-0.2, 0) is 20.9 Å². The third-order valence-electron chi connectivity index (χ3n) is 4.91. The van der Waals surface area contributed by atoms with Crippen molar-refractivity contribution < 1.29 is 27.5 Å². The Morgan fingerprint density at radius 2 is 2.04 bits per heavy atom. The largest absolute Gasteiger partial charge is 0.449 e. The van der Waals surface area contributed by atoms with Gasteiger partial charge in [0.1, 0.15) is 0 Å². The molecule has 3 rings (SSSR count). The second-order valence-electron chi connectivity index (χ2n) is 7.15. The number of likely N-dealkylation sites (tertiary alicyclic amines) is 1. The highest BCUT2D eigenvalue weighted by Crippen LogP contribution is 2.34. The summed E-state index contributed by atoms with van der Waals surface area (Å²) in [5.41, 5.74) is 1.57. The summed E-state index contributed by atoms with van der Waals surface area (Å²) in [6, 6.07) is 5.22. The first-order valence-electron chi connectivity index (χ1n) is 9.19. The SMILES string of the molecule is CCn1cc2ccc([C@H]3CC[C@H](C)CN3C(=O)C(=O)OCC(F)(F)F)cc2n1.